The van der Waals surface area contributed by atoms with E-state index >= 15 is 0 Å². The molecule has 0 amide bonds. The fourth-order valence-electron chi connectivity index (χ4n) is 3.54. The van der Waals surface area contributed by atoms with Crippen molar-refractivity contribution < 1.29 is 0 Å². The molecule has 0 aromatic carbocycles. The maximum Gasteiger partial charge on any atom is 0.0309 e. The summed E-state index contributed by atoms with van der Waals surface area (Å²) in [6.07, 6.45) is 8.04. The largest absolute Gasteiger partial charge is 0.329 e. The molecule has 2 aliphatic carbocycles. The minimum absolute atomic E-state index is 0.286. The normalized spacial score (nSPS) is 46.2. The molecule has 4 unspecified atom stereocenters. The summed E-state index contributed by atoms with van der Waals surface area (Å²) in [4.78, 5) is 0. The molecular weight excluding hydrogens is 184 g/mol. The van der Waals surface area contributed by atoms with Gasteiger partial charge in [0, 0.05) is 18.1 Å². The maximum absolute atomic E-state index is 5.98. The lowest BCUT2D eigenvalue weighted by Gasteiger charge is -2.33. The first-order chi connectivity index (χ1) is 7.13. The van der Waals surface area contributed by atoms with E-state index in [0.717, 1.165) is 24.4 Å². The SMILES string of the molecule is CC1CCC(NC2(CN)CCC(C)C2)C1. The minimum Gasteiger partial charge on any atom is -0.329 e. The first kappa shape index (κ1) is 11.4. The van der Waals surface area contributed by atoms with Crippen molar-refractivity contribution in [3.05, 3.63) is 0 Å². The van der Waals surface area contributed by atoms with Gasteiger partial charge in [-0.3, -0.25) is 0 Å². The lowest BCUT2D eigenvalue weighted by molar-refractivity contribution is 0.287. The van der Waals surface area contributed by atoms with Crippen LogP contribution in [0.3, 0.4) is 0 Å². The van der Waals surface area contributed by atoms with Crippen LogP contribution in [0.4, 0.5) is 0 Å². The van der Waals surface area contributed by atoms with Crippen LogP contribution in [-0.2, 0) is 0 Å². The summed E-state index contributed by atoms with van der Waals surface area (Å²) >= 11 is 0. The van der Waals surface area contributed by atoms with Gasteiger partial charge in [-0.1, -0.05) is 13.8 Å². The van der Waals surface area contributed by atoms with Gasteiger partial charge in [-0.25, -0.2) is 0 Å². The van der Waals surface area contributed by atoms with Crippen molar-refractivity contribution in [3.63, 3.8) is 0 Å². The van der Waals surface area contributed by atoms with E-state index in [-0.39, 0.29) is 5.54 Å². The molecule has 0 heterocycles. The van der Waals surface area contributed by atoms with Crippen LogP contribution in [-0.4, -0.2) is 18.1 Å². The number of hydrogen-bond donors (Lipinski definition) is 2. The van der Waals surface area contributed by atoms with Crippen molar-refractivity contribution in [2.75, 3.05) is 6.54 Å². The summed E-state index contributed by atoms with van der Waals surface area (Å²) in [5.41, 5.74) is 6.27. The average Bonchev–Trinajstić information content (AvgIpc) is 2.75. The summed E-state index contributed by atoms with van der Waals surface area (Å²) in [6, 6.07) is 0.744. The Morgan fingerprint density at radius 2 is 2.00 bits per heavy atom. The predicted molar refractivity (Wildman–Crippen MR) is 64.7 cm³/mol. The van der Waals surface area contributed by atoms with Crippen molar-refractivity contribution in [1.29, 1.82) is 0 Å². The second-order valence-electron chi connectivity index (χ2n) is 6.09. The van der Waals surface area contributed by atoms with E-state index in [0.29, 0.717) is 0 Å². The molecule has 4 atom stereocenters. The third kappa shape index (κ3) is 2.54. The zero-order chi connectivity index (χ0) is 10.9. The second-order valence-corrected chi connectivity index (χ2v) is 6.09. The van der Waals surface area contributed by atoms with E-state index in [2.05, 4.69) is 19.2 Å². The van der Waals surface area contributed by atoms with Crippen LogP contribution in [0.25, 0.3) is 0 Å². The van der Waals surface area contributed by atoms with Crippen molar-refractivity contribution in [1.82, 2.24) is 5.32 Å². The van der Waals surface area contributed by atoms with Gasteiger partial charge in [-0.05, 0) is 50.4 Å². The Hall–Kier alpha value is -0.0800. The molecule has 2 saturated carbocycles. The average molecular weight is 210 g/mol. The molecule has 2 aliphatic rings. The van der Waals surface area contributed by atoms with Crippen molar-refractivity contribution in [2.24, 2.45) is 17.6 Å². The Labute approximate surface area is 94.0 Å². The third-order valence-electron chi connectivity index (χ3n) is 4.45. The van der Waals surface area contributed by atoms with Gasteiger partial charge in [-0.15, -0.1) is 0 Å². The van der Waals surface area contributed by atoms with E-state index in [9.17, 15) is 0 Å². The molecule has 0 aliphatic heterocycles. The molecule has 0 bridgehead atoms. The number of nitrogens with two attached hydrogens (primary N) is 1. The van der Waals surface area contributed by atoms with Crippen LogP contribution in [0.15, 0.2) is 0 Å². The lowest BCUT2D eigenvalue weighted by Crippen LogP contribution is -2.53. The first-order valence-corrected chi connectivity index (χ1v) is 6.61. The van der Waals surface area contributed by atoms with E-state index in [1.165, 1.54) is 38.5 Å². The molecule has 2 fully saturated rings. The van der Waals surface area contributed by atoms with Gasteiger partial charge in [-0.2, -0.15) is 0 Å². The van der Waals surface area contributed by atoms with E-state index in [1.54, 1.807) is 0 Å². The molecule has 0 spiro atoms. The molecule has 3 N–H and O–H groups in total. The molecule has 0 radical (unpaired) electrons. The van der Waals surface area contributed by atoms with E-state index < -0.39 is 0 Å². The Kier molecular flexibility index (Phi) is 3.36. The van der Waals surface area contributed by atoms with Crippen LogP contribution >= 0.6 is 0 Å². The molecule has 0 aromatic heterocycles. The topological polar surface area (TPSA) is 38.0 Å². The maximum atomic E-state index is 5.98. The van der Waals surface area contributed by atoms with Gasteiger partial charge in [0.2, 0.25) is 0 Å². The highest BCUT2D eigenvalue weighted by Gasteiger charge is 2.38. The predicted octanol–water partition coefficient (Wildman–Crippen LogP) is 2.28. The van der Waals surface area contributed by atoms with Crippen molar-refractivity contribution in [3.8, 4) is 0 Å². The Morgan fingerprint density at radius 1 is 1.20 bits per heavy atom. The molecular formula is C13H26N2. The second kappa shape index (κ2) is 4.42. The zero-order valence-electron chi connectivity index (χ0n) is 10.3. The fraction of sp³-hybridized carbons (Fsp3) is 1.00. The summed E-state index contributed by atoms with van der Waals surface area (Å²) in [6.45, 7) is 5.55. The van der Waals surface area contributed by atoms with Gasteiger partial charge in [0.15, 0.2) is 0 Å². The molecule has 15 heavy (non-hydrogen) atoms. The minimum atomic E-state index is 0.286. The molecule has 2 rings (SSSR count). The number of rotatable bonds is 3. The number of nitrogens with one attached hydrogen (secondary N) is 1. The molecule has 88 valence electrons. The van der Waals surface area contributed by atoms with Crippen LogP contribution in [0.2, 0.25) is 0 Å². The van der Waals surface area contributed by atoms with Gasteiger partial charge in [0.1, 0.15) is 0 Å². The van der Waals surface area contributed by atoms with Crippen molar-refractivity contribution in [2.45, 2.75) is 64.0 Å². The highest BCUT2D eigenvalue weighted by atomic mass is 15.0. The smallest absolute Gasteiger partial charge is 0.0309 e. The molecule has 2 nitrogen and oxygen atoms in total. The third-order valence-corrected chi connectivity index (χ3v) is 4.45. The molecule has 2 heteroatoms. The number of hydrogen-bond acceptors (Lipinski definition) is 2. The molecule has 0 saturated heterocycles. The highest BCUT2D eigenvalue weighted by molar-refractivity contribution is 4.99. The Balaban J connectivity index is 1.91. The molecule has 0 aromatic rings. The zero-order valence-corrected chi connectivity index (χ0v) is 10.3. The van der Waals surface area contributed by atoms with Gasteiger partial charge in [0.25, 0.3) is 0 Å². The summed E-state index contributed by atoms with van der Waals surface area (Å²) in [7, 11) is 0. The van der Waals surface area contributed by atoms with E-state index in [1.807, 2.05) is 0 Å². The van der Waals surface area contributed by atoms with Crippen LogP contribution in [0.1, 0.15) is 52.4 Å². The fourth-order valence-corrected chi connectivity index (χ4v) is 3.54. The van der Waals surface area contributed by atoms with Crippen molar-refractivity contribution >= 4 is 0 Å². The van der Waals surface area contributed by atoms with E-state index in [4.69, 9.17) is 5.73 Å². The van der Waals surface area contributed by atoms with Gasteiger partial charge < -0.3 is 11.1 Å². The first-order valence-electron chi connectivity index (χ1n) is 6.61. The summed E-state index contributed by atoms with van der Waals surface area (Å²) in [5, 5.41) is 3.88. The lowest BCUT2D eigenvalue weighted by atomic mass is 9.94. The summed E-state index contributed by atoms with van der Waals surface area (Å²) in [5.74, 6) is 1.77. The van der Waals surface area contributed by atoms with Crippen LogP contribution in [0.5, 0.6) is 0 Å². The quantitative estimate of drug-likeness (QED) is 0.750. The standard InChI is InChI=1S/C13H26N2/c1-10-3-4-12(7-10)15-13(9-14)6-5-11(2)8-13/h10-12,15H,3-9,14H2,1-2H3. The Bertz CT molecular complexity index is 217. The summed E-state index contributed by atoms with van der Waals surface area (Å²) < 4.78 is 0. The Morgan fingerprint density at radius 3 is 2.47 bits per heavy atom. The highest BCUT2D eigenvalue weighted by Crippen LogP contribution is 2.36. The monoisotopic (exact) mass is 210 g/mol. The van der Waals surface area contributed by atoms with Crippen LogP contribution in [0, 0.1) is 11.8 Å². The van der Waals surface area contributed by atoms with Crippen LogP contribution < -0.4 is 11.1 Å². The van der Waals surface area contributed by atoms with Gasteiger partial charge >= 0.3 is 0 Å². The van der Waals surface area contributed by atoms with Gasteiger partial charge in [0.05, 0.1) is 0 Å².